The topological polar surface area (TPSA) is 35.5 Å². The van der Waals surface area contributed by atoms with Gasteiger partial charge in [-0.05, 0) is 11.8 Å². The summed E-state index contributed by atoms with van der Waals surface area (Å²) in [6, 6.07) is 0. The van der Waals surface area contributed by atoms with Gasteiger partial charge in [-0.3, -0.25) is 5.01 Å². The second-order valence-electron chi connectivity index (χ2n) is 2.42. The van der Waals surface area contributed by atoms with Crippen LogP contribution in [0.3, 0.4) is 0 Å². The van der Waals surface area contributed by atoms with Gasteiger partial charge in [-0.25, -0.2) is 5.43 Å². The molecule has 0 aliphatic carbocycles. The smallest absolute Gasteiger partial charge is 0.0957 e. The quantitative estimate of drug-likeness (QED) is 0.567. The van der Waals surface area contributed by atoms with Crippen molar-refractivity contribution in [1.82, 2.24) is 10.4 Å². The molecule has 2 aliphatic rings. The molecule has 4 heteroatoms. The van der Waals surface area contributed by atoms with E-state index in [1.807, 2.05) is 5.41 Å². The first kappa shape index (κ1) is 6.52. The van der Waals surface area contributed by atoms with Crippen LogP contribution in [-0.2, 0) is 0 Å². The predicted octanol–water partition coefficient (Wildman–Crippen LogP) is 0.103. The molecule has 1 fully saturated rings. The van der Waals surface area contributed by atoms with Crippen LogP contribution in [0.4, 0.5) is 0 Å². The molecule has 0 aromatic carbocycles. The van der Waals surface area contributed by atoms with Gasteiger partial charge in [0.25, 0.3) is 0 Å². The normalized spacial score (nSPS) is 30.7. The summed E-state index contributed by atoms with van der Waals surface area (Å²) in [5.41, 5.74) is 4.21. The van der Waals surface area contributed by atoms with E-state index >= 15 is 0 Å². The van der Waals surface area contributed by atoms with E-state index in [4.69, 9.17) is 5.11 Å². The minimum Gasteiger partial charge on any atom is -0.390 e. The summed E-state index contributed by atoms with van der Waals surface area (Å²) in [5, 5.41) is 13.5. The van der Waals surface area contributed by atoms with Crippen molar-refractivity contribution in [3.8, 4) is 0 Å². The van der Waals surface area contributed by atoms with Crippen LogP contribution in [0.25, 0.3) is 0 Å². The van der Waals surface area contributed by atoms with Crippen LogP contribution in [0.1, 0.15) is 6.42 Å². The van der Waals surface area contributed by atoms with Gasteiger partial charge in [0.15, 0.2) is 0 Å². The van der Waals surface area contributed by atoms with Crippen LogP contribution in [-0.4, -0.2) is 28.6 Å². The zero-order valence-electron chi connectivity index (χ0n) is 5.58. The van der Waals surface area contributed by atoms with E-state index in [0.29, 0.717) is 5.37 Å². The average Bonchev–Trinajstić information content (AvgIpc) is 2.44. The van der Waals surface area contributed by atoms with Crippen molar-refractivity contribution in [2.45, 2.75) is 11.8 Å². The van der Waals surface area contributed by atoms with Gasteiger partial charge >= 0.3 is 0 Å². The number of nitrogens with one attached hydrogen (secondary N) is 1. The number of nitrogens with zero attached hydrogens (tertiary/aromatic N) is 1. The van der Waals surface area contributed by atoms with E-state index in [9.17, 15) is 0 Å². The third-order valence-corrected chi connectivity index (χ3v) is 2.96. The third kappa shape index (κ3) is 0.836. The van der Waals surface area contributed by atoms with Crippen molar-refractivity contribution in [3.63, 3.8) is 0 Å². The molecular weight excluding hydrogens is 148 g/mol. The van der Waals surface area contributed by atoms with Crippen molar-refractivity contribution >= 4 is 11.8 Å². The maximum Gasteiger partial charge on any atom is 0.0957 e. The number of aliphatic hydroxyl groups is 1. The maximum atomic E-state index is 8.85. The largest absolute Gasteiger partial charge is 0.390 e. The Bertz CT molecular complexity index is 171. The fraction of sp³-hybridized carbons (Fsp3) is 0.667. The molecule has 2 rings (SSSR count). The molecule has 0 amide bonds. The summed E-state index contributed by atoms with van der Waals surface area (Å²) in [5.74, 6) is 0. The Morgan fingerprint density at radius 2 is 2.80 bits per heavy atom. The highest BCUT2D eigenvalue weighted by atomic mass is 32.2. The number of fused-ring (bicyclic) bond motifs is 1. The van der Waals surface area contributed by atoms with Crippen LogP contribution in [0.2, 0.25) is 0 Å². The lowest BCUT2D eigenvalue weighted by Gasteiger charge is -2.19. The molecule has 2 heterocycles. The molecule has 56 valence electrons. The van der Waals surface area contributed by atoms with Crippen LogP contribution in [0, 0.1) is 0 Å². The van der Waals surface area contributed by atoms with Crippen molar-refractivity contribution in [2.24, 2.45) is 0 Å². The first-order chi connectivity index (χ1) is 4.92. The van der Waals surface area contributed by atoms with E-state index in [2.05, 4.69) is 10.4 Å². The average molecular weight is 158 g/mol. The highest BCUT2D eigenvalue weighted by molar-refractivity contribution is 8.02. The van der Waals surface area contributed by atoms with Crippen LogP contribution >= 0.6 is 11.8 Å². The van der Waals surface area contributed by atoms with Crippen molar-refractivity contribution in [2.75, 3.05) is 13.2 Å². The molecule has 0 aromatic heterocycles. The van der Waals surface area contributed by atoms with Gasteiger partial charge < -0.3 is 5.11 Å². The highest BCUT2D eigenvalue weighted by Gasteiger charge is 2.30. The standard InChI is InChI=1S/C6H10N2OS/c9-3-5-4-10-6-1-2-7-8(5)6/h4,6-7,9H,1-3H2. The van der Waals surface area contributed by atoms with Gasteiger partial charge in [-0.1, -0.05) is 0 Å². The molecule has 2 aliphatic heterocycles. The van der Waals surface area contributed by atoms with Gasteiger partial charge in [0, 0.05) is 6.54 Å². The minimum absolute atomic E-state index is 0.149. The van der Waals surface area contributed by atoms with Crippen LogP contribution in [0.15, 0.2) is 11.1 Å². The van der Waals surface area contributed by atoms with Gasteiger partial charge in [0.2, 0.25) is 0 Å². The van der Waals surface area contributed by atoms with Gasteiger partial charge in [-0.15, -0.1) is 11.8 Å². The summed E-state index contributed by atoms with van der Waals surface area (Å²) in [6.07, 6.45) is 1.17. The number of hydrogen-bond donors (Lipinski definition) is 2. The zero-order valence-corrected chi connectivity index (χ0v) is 6.40. The maximum absolute atomic E-state index is 8.85. The molecule has 0 saturated carbocycles. The first-order valence-corrected chi connectivity index (χ1v) is 4.34. The summed E-state index contributed by atoms with van der Waals surface area (Å²) in [7, 11) is 0. The Morgan fingerprint density at radius 1 is 1.90 bits per heavy atom. The molecule has 10 heavy (non-hydrogen) atoms. The molecular formula is C6H10N2OS. The Labute approximate surface area is 64.1 Å². The molecule has 0 spiro atoms. The lowest BCUT2D eigenvalue weighted by atomic mass is 10.4. The lowest BCUT2D eigenvalue weighted by molar-refractivity contribution is 0.235. The fourth-order valence-corrected chi connectivity index (χ4v) is 2.37. The van der Waals surface area contributed by atoms with Crippen LogP contribution < -0.4 is 5.43 Å². The SMILES string of the molecule is OCC1=CSC2CCNN12. The lowest BCUT2D eigenvalue weighted by Crippen LogP contribution is -2.32. The van der Waals surface area contributed by atoms with E-state index in [1.54, 1.807) is 11.8 Å². The molecule has 0 aromatic rings. The van der Waals surface area contributed by atoms with E-state index < -0.39 is 0 Å². The number of rotatable bonds is 1. The van der Waals surface area contributed by atoms with Crippen molar-refractivity contribution < 1.29 is 5.11 Å². The molecule has 0 radical (unpaired) electrons. The molecule has 1 unspecified atom stereocenters. The second-order valence-corrected chi connectivity index (χ2v) is 3.48. The Hall–Kier alpha value is -0.190. The van der Waals surface area contributed by atoms with Crippen molar-refractivity contribution in [3.05, 3.63) is 11.1 Å². The molecule has 1 atom stereocenters. The zero-order chi connectivity index (χ0) is 6.97. The molecule has 1 saturated heterocycles. The van der Waals surface area contributed by atoms with Gasteiger partial charge in [0.05, 0.1) is 17.7 Å². The summed E-state index contributed by atoms with van der Waals surface area (Å²) in [4.78, 5) is 0. The predicted molar refractivity (Wildman–Crippen MR) is 41.0 cm³/mol. The van der Waals surface area contributed by atoms with E-state index in [0.717, 1.165) is 12.2 Å². The molecule has 0 bridgehead atoms. The van der Waals surface area contributed by atoms with Crippen LogP contribution in [0.5, 0.6) is 0 Å². The Balaban J connectivity index is 2.10. The number of aliphatic hydroxyl groups excluding tert-OH is 1. The monoisotopic (exact) mass is 158 g/mol. The Kier molecular flexibility index (Phi) is 1.60. The number of thioether (sulfide) groups is 1. The van der Waals surface area contributed by atoms with Crippen molar-refractivity contribution in [1.29, 1.82) is 0 Å². The second kappa shape index (κ2) is 2.45. The van der Waals surface area contributed by atoms with E-state index in [1.165, 1.54) is 6.42 Å². The number of hydrazine groups is 1. The summed E-state index contributed by atoms with van der Waals surface area (Å²) >= 11 is 1.79. The third-order valence-electron chi connectivity index (χ3n) is 1.79. The molecule has 2 N–H and O–H groups in total. The molecule has 3 nitrogen and oxygen atoms in total. The van der Waals surface area contributed by atoms with Gasteiger partial charge in [0.1, 0.15) is 0 Å². The minimum atomic E-state index is 0.149. The summed E-state index contributed by atoms with van der Waals surface area (Å²) in [6.45, 7) is 1.19. The van der Waals surface area contributed by atoms with E-state index in [-0.39, 0.29) is 6.61 Å². The first-order valence-electron chi connectivity index (χ1n) is 3.40. The number of hydrogen-bond acceptors (Lipinski definition) is 4. The highest BCUT2D eigenvalue weighted by Crippen LogP contribution is 2.33. The van der Waals surface area contributed by atoms with Gasteiger partial charge in [-0.2, -0.15) is 0 Å². The summed E-state index contributed by atoms with van der Waals surface area (Å²) < 4.78 is 0. The fourth-order valence-electron chi connectivity index (χ4n) is 1.28. The Morgan fingerprint density at radius 3 is 3.60 bits per heavy atom.